The first kappa shape index (κ1) is 37.3. The summed E-state index contributed by atoms with van der Waals surface area (Å²) in [6.07, 6.45) is 0. The molecular formula is C62H42N2. The van der Waals surface area contributed by atoms with Crippen molar-refractivity contribution in [2.45, 2.75) is 0 Å². The number of fused-ring (bicyclic) bond motifs is 8. The highest BCUT2D eigenvalue weighted by Crippen LogP contribution is 2.44. The molecule has 64 heavy (non-hydrogen) atoms. The Balaban J connectivity index is 0.918. The van der Waals surface area contributed by atoms with Gasteiger partial charge >= 0.3 is 0 Å². The largest absolute Gasteiger partial charge is 0.310 e. The van der Waals surface area contributed by atoms with E-state index in [1.54, 1.807) is 0 Å². The highest BCUT2D eigenvalue weighted by Gasteiger charge is 2.20. The van der Waals surface area contributed by atoms with Crippen molar-refractivity contribution in [3.63, 3.8) is 0 Å². The molecule has 2 heterocycles. The van der Waals surface area contributed by atoms with E-state index < -0.39 is 0 Å². The summed E-state index contributed by atoms with van der Waals surface area (Å²) in [5, 5.41) is 5.04. The van der Waals surface area contributed by atoms with Crippen molar-refractivity contribution in [1.29, 1.82) is 0 Å². The van der Waals surface area contributed by atoms with Crippen LogP contribution in [-0.2, 0) is 0 Å². The second kappa shape index (κ2) is 15.8. The van der Waals surface area contributed by atoms with Crippen molar-refractivity contribution in [3.05, 3.63) is 255 Å². The average Bonchev–Trinajstić information content (AvgIpc) is 3.73. The Hall–Kier alpha value is -8.46. The standard InChI is InChI=1S/C62H42N2/c1-4-17-45(18-5-1)53-25-10-11-26-54(53)46-35-38-51(39-36-46)63(50-22-8-3-9-23-50)52-24-16-21-48(41-52)43-31-33-44(34-32-43)49-37-40-58-60(42-49)64-59-30-15-14-28-56(59)55-27-12-13-29-57(55)62(64)61(58)47-19-6-2-7-20-47/h1-42H. The highest BCUT2D eigenvalue weighted by molar-refractivity contribution is 6.22. The summed E-state index contributed by atoms with van der Waals surface area (Å²) in [5.74, 6) is 0. The summed E-state index contributed by atoms with van der Waals surface area (Å²) in [4.78, 5) is 2.35. The molecule has 0 aliphatic carbocycles. The van der Waals surface area contributed by atoms with Gasteiger partial charge in [0, 0.05) is 38.8 Å². The van der Waals surface area contributed by atoms with Crippen LogP contribution < -0.4 is 4.90 Å². The minimum absolute atomic E-state index is 1.10. The molecule has 0 bridgehead atoms. The van der Waals surface area contributed by atoms with Crippen molar-refractivity contribution in [1.82, 2.24) is 4.40 Å². The minimum atomic E-state index is 1.10. The van der Waals surface area contributed by atoms with Crippen molar-refractivity contribution in [2.24, 2.45) is 0 Å². The molecule has 0 amide bonds. The van der Waals surface area contributed by atoms with Crippen LogP contribution in [0, 0.1) is 0 Å². The van der Waals surface area contributed by atoms with E-state index in [0.717, 1.165) is 22.6 Å². The van der Waals surface area contributed by atoms with Gasteiger partial charge in [-0.3, -0.25) is 0 Å². The predicted octanol–water partition coefficient (Wildman–Crippen LogP) is 17.2. The number of pyridine rings is 1. The third kappa shape index (κ3) is 6.44. The van der Waals surface area contributed by atoms with Crippen LogP contribution in [0.5, 0.6) is 0 Å². The zero-order valence-corrected chi connectivity index (χ0v) is 35.1. The maximum atomic E-state index is 2.49. The van der Waals surface area contributed by atoms with Crippen LogP contribution in [0.15, 0.2) is 255 Å². The van der Waals surface area contributed by atoms with E-state index >= 15 is 0 Å². The SMILES string of the molecule is c1ccc(-c2ccccc2-c2ccc(N(c3ccccc3)c3cccc(-c4ccc(-c5ccc6c(-c7ccccc7)c7c8ccccc8c8ccccc8n7c6c5)cc4)c3)cc2)cc1. The number of anilines is 3. The van der Waals surface area contributed by atoms with Gasteiger partial charge in [-0.25, -0.2) is 0 Å². The zero-order valence-electron chi connectivity index (χ0n) is 35.1. The number of hydrogen-bond donors (Lipinski definition) is 0. The lowest BCUT2D eigenvalue weighted by atomic mass is 9.94. The van der Waals surface area contributed by atoms with E-state index in [1.807, 2.05) is 0 Å². The molecule has 0 fully saturated rings. The fraction of sp³-hybridized carbons (Fsp3) is 0. The molecular weight excluding hydrogens is 773 g/mol. The Kier molecular flexibility index (Phi) is 9.20. The number of hydrogen-bond acceptors (Lipinski definition) is 1. The Bertz CT molecular complexity index is 3630. The van der Waals surface area contributed by atoms with Gasteiger partial charge in [-0.2, -0.15) is 0 Å². The lowest BCUT2D eigenvalue weighted by Gasteiger charge is -2.26. The molecule has 2 nitrogen and oxygen atoms in total. The van der Waals surface area contributed by atoms with Crippen molar-refractivity contribution in [2.75, 3.05) is 4.90 Å². The van der Waals surface area contributed by atoms with Crippen molar-refractivity contribution < 1.29 is 0 Å². The fourth-order valence-corrected chi connectivity index (χ4v) is 9.79. The topological polar surface area (TPSA) is 7.65 Å². The minimum Gasteiger partial charge on any atom is -0.310 e. The van der Waals surface area contributed by atoms with Gasteiger partial charge in [0.05, 0.1) is 16.6 Å². The maximum Gasteiger partial charge on any atom is 0.0625 e. The first-order valence-electron chi connectivity index (χ1n) is 22.0. The van der Waals surface area contributed by atoms with Gasteiger partial charge in [-0.05, 0) is 104 Å². The van der Waals surface area contributed by atoms with Crippen molar-refractivity contribution in [3.8, 4) is 55.6 Å². The smallest absolute Gasteiger partial charge is 0.0625 e. The maximum absolute atomic E-state index is 2.49. The monoisotopic (exact) mass is 814 g/mol. The van der Waals surface area contributed by atoms with Crippen LogP contribution in [-0.4, -0.2) is 4.40 Å². The second-order valence-corrected chi connectivity index (χ2v) is 16.5. The molecule has 0 atom stereocenters. The van der Waals surface area contributed by atoms with Crippen LogP contribution in [0.1, 0.15) is 0 Å². The normalized spacial score (nSPS) is 11.4. The Labute approximate surface area is 373 Å². The molecule has 0 aliphatic heterocycles. The lowest BCUT2D eigenvalue weighted by molar-refractivity contribution is 1.28. The lowest BCUT2D eigenvalue weighted by Crippen LogP contribution is -2.09. The zero-order chi connectivity index (χ0) is 42.4. The Morgan fingerprint density at radius 2 is 0.719 bits per heavy atom. The number of benzene rings is 10. The van der Waals surface area contributed by atoms with Gasteiger partial charge in [-0.1, -0.05) is 206 Å². The molecule has 300 valence electrons. The van der Waals surface area contributed by atoms with Crippen LogP contribution in [0.2, 0.25) is 0 Å². The molecule has 12 aromatic rings. The van der Waals surface area contributed by atoms with Gasteiger partial charge < -0.3 is 9.30 Å². The van der Waals surface area contributed by atoms with E-state index in [9.17, 15) is 0 Å². The average molecular weight is 815 g/mol. The van der Waals surface area contributed by atoms with Gasteiger partial charge in [-0.15, -0.1) is 0 Å². The first-order valence-corrected chi connectivity index (χ1v) is 22.0. The molecule has 2 heteroatoms. The molecule has 0 unspecified atom stereocenters. The van der Waals surface area contributed by atoms with E-state index in [2.05, 4.69) is 264 Å². The van der Waals surface area contributed by atoms with Gasteiger partial charge in [0.1, 0.15) is 0 Å². The first-order chi connectivity index (χ1) is 31.8. The summed E-state index contributed by atoms with van der Waals surface area (Å²) in [6, 6.07) is 92.4. The summed E-state index contributed by atoms with van der Waals surface area (Å²) in [7, 11) is 0. The highest BCUT2D eigenvalue weighted by atomic mass is 15.1. The third-order valence-electron chi connectivity index (χ3n) is 12.8. The van der Waals surface area contributed by atoms with Crippen LogP contribution >= 0.6 is 0 Å². The molecule has 12 rings (SSSR count). The fourth-order valence-electron chi connectivity index (χ4n) is 9.79. The number of para-hydroxylation sites is 2. The van der Waals surface area contributed by atoms with Gasteiger partial charge in [0.25, 0.3) is 0 Å². The summed E-state index contributed by atoms with van der Waals surface area (Å²) in [5.41, 5.74) is 19.0. The third-order valence-corrected chi connectivity index (χ3v) is 12.8. The second-order valence-electron chi connectivity index (χ2n) is 16.5. The van der Waals surface area contributed by atoms with E-state index in [4.69, 9.17) is 0 Å². The van der Waals surface area contributed by atoms with E-state index in [-0.39, 0.29) is 0 Å². The summed E-state index contributed by atoms with van der Waals surface area (Å²) in [6.45, 7) is 0. The molecule has 0 saturated carbocycles. The Morgan fingerprint density at radius 1 is 0.250 bits per heavy atom. The Morgan fingerprint density at radius 3 is 1.41 bits per heavy atom. The molecule has 0 spiro atoms. The quantitative estimate of drug-likeness (QED) is 0.139. The van der Waals surface area contributed by atoms with Gasteiger partial charge in [0.2, 0.25) is 0 Å². The van der Waals surface area contributed by atoms with Crippen molar-refractivity contribution >= 4 is 55.2 Å². The van der Waals surface area contributed by atoms with Crippen LogP contribution in [0.3, 0.4) is 0 Å². The van der Waals surface area contributed by atoms with Crippen LogP contribution in [0.25, 0.3) is 93.7 Å². The van der Waals surface area contributed by atoms with Crippen LogP contribution in [0.4, 0.5) is 17.1 Å². The molecule has 0 radical (unpaired) electrons. The summed E-state index contributed by atoms with van der Waals surface area (Å²) >= 11 is 0. The molecule has 10 aromatic carbocycles. The van der Waals surface area contributed by atoms with Gasteiger partial charge in [0.15, 0.2) is 0 Å². The van der Waals surface area contributed by atoms with E-state index in [1.165, 1.54) is 88.2 Å². The number of aromatic nitrogens is 1. The predicted molar refractivity (Wildman–Crippen MR) is 272 cm³/mol. The summed E-state index contributed by atoms with van der Waals surface area (Å²) < 4.78 is 2.49. The number of rotatable bonds is 8. The molecule has 2 aromatic heterocycles. The van der Waals surface area contributed by atoms with E-state index in [0.29, 0.717) is 0 Å². The number of nitrogens with zero attached hydrogens (tertiary/aromatic N) is 2. The molecule has 0 aliphatic rings. The molecule has 0 saturated heterocycles. The molecule has 0 N–H and O–H groups in total.